The monoisotopic (exact) mass is 227 g/mol. The number of rotatable bonds is 4. The molecule has 0 radical (unpaired) electrons. The van der Waals surface area contributed by atoms with E-state index in [1.54, 1.807) is 0 Å². The van der Waals surface area contributed by atoms with E-state index in [2.05, 4.69) is 50.0 Å². The van der Waals surface area contributed by atoms with Crippen LogP contribution < -0.4 is 5.32 Å². The minimum Gasteiger partial charge on any atom is -0.318 e. The molecule has 96 valence electrons. The molecule has 1 saturated heterocycles. The number of hydrogen-bond acceptors (Lipinski definition) is 3. The summed E-state index contributed by atoms with van der Waals surface area (Å²) in [6.45, 7) is 13.0. The molecule has 0 aromatic rings. The Bertz CT molecular complexity index is 203. The maximum atomic E-state index is 3.33. The van der Waals surface area contributed by atoms with Gasteiger partial charge in [0.2, 0.25) is 0 Å². The van der Waals surface area contributed by atoms with Crippen molar-refractivity contribution in [1.82, 2.24) is 15.1 Å². The molecular weight excluding hydrogens is 198 g/mol. The molecule has 1 aliphatic heterocycles. The zero-order chi connectivity index (χ0) is 12.2. The van der Waals surface area contributed by atoms with Crippen LogP contribution in [0.4, 0.5) is 0 Å². The molecule has 1 unspecified atom stereocenters. The van der Waals surface area contributed by atoms with E-state index in [0.717, 1.165) is 6.54 Å². The first-order valence-electron chi connectivity index (χ1n) is 6.55. The van der Waals surface area contributed by atoms with Crippen LogP contribution in [0.1, 0.15) is 27.2 Å². The van der Waals surface area contributed by atoms with Crippen molar-refractivity contribution in [2.45, 2.75) is 33.2 Å². The summed E-state index contributed by atoms with van der Waals surface area (Å²) in [6, 6.07) is 0.664. The third kappa shape index (κ3) is 4.04. The van der Waals surface area contributed by atoms with E-state index >= 15 is 0 Å². The summed E-state index contributed by atoms with van der Waals surface area (Å²) in [4.78, 5) is 5.15. The van der Waals surface area contributed by atoms with Gasteiger partial charge in [-0.15, -0.1) is 0 Å². The lowest BCUT2D eigenvalue weighted by Crippen LogP contribution is -2.47. The summed E-state index contributed by atoms with van der Waals surface area (Å²) < 4.78 is 0. The first kappa shape index (κ1) is 13.9. The average molecular weight is 227 g/mol. The molecule has 0 aromatic heterocycles. The topological polar surface area (TPSA) is 18.5 Å². The first-order chi connectivity index (χ1) is 7.48. The van der Waals surface area contributed by atoms with Gasteiger partial charge in [-0.05, 0) is 32.5 Å². The smallest absolute Gasteiger partial charge is 0.0347 e. The predicted molar refractivity (Wildman–Crippen MR) is 70.9 cm³/mol. The number of nitrogens with one attached hydrogen (secondary N) is 1. The van der Waals surface area contributed by atoms with E-state index in [9.17, 15) is 0 Å². The van der Waals surface area contributed by atoms with Gasteiger partial charge in [-0.1, -0.05) is 20.8 Å². The summed E-state index contributed by atoms with van der Waals surface area (Å²) >= 11 is 0. The fourth-order valence-corrected chi connectivity index (χ4v) is 2.98. The van der Waals surface area contributed by atoms with Crippen molar-refractivity contribution in [1.29, 1.82) is 0 Å². The zero-order valence-corrected chi connectivity index (χ0v) is 11.7. The van der Waals surface area contributed by atoms with Gasteiger partial charge in [0.15, 0.2) is 0 Å². The first-order valence-corrected chi connectivity index (χ1v) is 6.55. The van der Waals surface area contributed by atoms with Crippen LogP contribution in [0.15, 0.2) is 0 Å². The van der Waals surface area contributed by atoms with Crippen LogP contribution >= 0.6 is 0 Å². The maximum Gasteiger partial charge on any atom is 0.0347 e. The molecule has 0 bridgehead atoms. The summed E-state index contributed by atoms with van der Waals surface area (Å²) in [6.07, 6.45) is 1.25. The maximum absolute atomic E-state index is 3.33. The molecule has 0 spiro atoms. The van der Waals surface area contributed by atoms with Crippen molar-refractivity contribution in [2.24, 2.45) is 5.41 Å². The highest BCUT2D eigenvalue weighted by molar-refractivity contribution is 4.87. The van der Waals surface area contributed by atoms with E-state index in [4.69, 9.17) is 0 Å². The van der Waals surface area contributed by atoms with Crippen LogP contribution in [0.2, 0.25) is 0 Å². The van der Waals surface area contributed by atoms with Crippen LogP contribution in [0.5, 0.6) is 0 Å². The molecule has 1 heterocycles. The minimum atomic E-state index is 0.409. The fourth-order valence-electron chi connectivity index (χ4n) is 2.98. The Labute approximate surface area is 101 Å². The van der Waals surface area contributed by atoms with Crippen LogP contribution in [0.3, 0.4) is 0 Å². The molecule has 0 aromatic carbocycles. The Morgan fingerprint density at radius 2 is 2.00 bits per heavy atom. The second-order valence-corrected chi connectivity index (χ2v) is 6.04. The highest BCUT2D eigenvalue weighted by atomic mass is 15.3. The SMILES string of the molecule is CCCN1CC(C)(C)CN(C)CC1CNC. The van der Waals surface area contributed by atoms with Crippen molar-refractivity contribution >= 4 is 0 Å². The van der Waals surface area contributed by atoms with Crippen molar-refractivity contribution in [2.75, 3.05) is 46.8 Å². The quantitative estimate of drug-likeness (QED) is 0.780. The standard InChI is InChI=1S/C13H29N3/c1-6-7-16-11-13(2,3)10-15(5)9-12(16)8-14-4/h12,14H,6-11H2,1-5H3. The van der Waals surface area contributed by atoms with Gasteiger partial charge >= 0.3 is 0 Å². The lowest BCUT2D eigenvalue weighted by atomic mass is 9.92. The third-order valence-corrected chi connectivity index (χ3v) is 3.32. The molecule has 1 N–H and O–H groups in total. The predicted octanol–water partition coefficient (Wildman–Crippen LogP) is 1.26. The Morgan fingerprint density at radius 1 is 1.31 bits per heavy atom. The molecule has 0 amide bonds. The van der Waals surface area contributed by atoms with Crippen LogP contribution in [0, 0.1) is 5.41 Å². The fraction of sp³-hybridized carbons (Fsp3) is 1.00. The Balaban J connectivity index is 2.72. The van der Waals surface area contributed by atoms with Crippen molar-refractivity contribution < 1.29 is 0 Å². The normalized spacial score (nSPS) is 27.9. The van der Waals surface area contributed by atoms with Gasteiger partial charge in [-0.3, -0.25) is 4.90 Å². The van der Waals surface area contributed by atoms with Gasteiger partial charge in [0.05, 0.1) is 0 Å². The number of likely N-dealkylation sites (N-methyl/N-ethyl adjacent to an activating group) is 2. The van der Waals surface area contributed by atoms with Crippen molar-refractivity contribution in [3.05, 3.63) is 0 Å². The van der Waals surface area contributed by atoms with Gasteiger partial charge in [-0.2, -0.15) is 0 Å². The highest BCUT2D eigenvalue weighted by Gasteiger charge is 2.31. The van der Waals surface area contributed by atoms with E-state index < -0.39 is 0 Å². The Hall–Kier alpha value is -0.120. The van der Waals surface area contributed by atoms with Gasteiger partial charge in [0.1, 0.15) is 0 Å². The molecule has 3 heteroatoms. The van der Waals surface area contributed by atoms with Crippen LogP contribution in [0.25, 0.3) is 0 Å². The van der Waals surface area contributed by atoms with E-state index in [1.165, 1.54) is 32.6 Å². The van der Waals surface area contributed by atoms with E-state index in [1.807, 2.05) is 0 Å². The number of nitrogens with zero attached hydrogens (tertiary/aromatic N) is 2. The molecule has 0 saturated carbocycles. The van der Waals surface area contributed by atoms with Crippen LogP contribution in [-0.2, 0) is 0 Å². The van der Waals surface area contributed by atoms with Gasteiger partial charge in [0.25, 0.3) is 0 Å². The van der Waals surface area contributed by atoms with Gasteiger partial charge in [-0.25, -0.2) is 0 Å². The molecule has 1 aliphatic rings. The summed E-state index contributed by atoms with van der Waals surface area (Å²) in [5.41, 5.74) is 0.409. The Morgan fingerprint density at radius 3 is 2.56 bits per heavy atom. The second kappa shape index (κ2) is 5.99. The lowest BCUT2D eigenvalue weighted by molar-refractivity contribution is 0.156. The number of hydrogen-bond donors (Lipinski definition) is 1. The van der Waals surface area contributed by atoms with Gasteiger partial charge in [0, 0.05) is 32.2 Å². The minimum absolute atomic E-state index is 0.409. The summed E-state index contributed by atoms with van der Waals surface area (Å²) in [7, 11) is 4.31. The molecular formula is C13H29N3. The van der Waals surface area contributed by atoms with E-state index in [0.29, 0.717) is 11.5 Å². The van der Waals surface area contributed by atoms with Crippen molar-refractivity contribution in [3.63, 3.8) is 0 Å². The molecule has 0 aliphatic carbocycles. The largest absolute Gasteiger partial charge is 0.318 e. The van der Waals surface area contributed by atoms with E-state index in [-0.39, 0.29) is 0 Å². The zero-order valence-electron chi connectivity index (χ0n) is 11.7. The van der Waals surface area contributed by atoms with Gasteiger partial charge < -0.3 is 10.2 Å². The summed E-state index contributed by atoms with van der Waals surface area (Å²) in [5, 5.41) is 3.33. The molecule has 1 atom stereocenters. The molecule has 1 rings (SSSR count). The molecule has 1 fully saturated rings. The highest BCUT2D eigenvalue weighted by Crippen LogP contribution is 2.23. The molecule has 3 nitrogen and oxygen atoms in total. The molecule has 16 heavy (non-hydrogen) atoms. The average Bonchev–Trinajstić information content (AvgIpc) is 2.24. The lowest BCUT2D eigenvalue weighted by Gasteiger charge is -2.33. The second-order valence-electron chi connectivity index (χ2n) is 6.04. The van der Waals surface area contributed by atoms with Crippen molar-refractivity contribution in [3.8, 4) is 0 Å². The van der Waals surface area contributed by atoms with Crippen LogP contribution in [-0.4, -0.2) is 62.7 Å². The third-order valence-electron chi connectivity index (χ3n) is 3.32. The Kier molecular flexibility index (Phi) is 5.22. The summed E-state index contributed by atoms with van der Waals surface area (Å²) in [5.74, 6) is 0.